The molecule has 1 aromatic carbocycles. The first-order valence-electron chi connectivity index (χ1n) is 6.57. The van der Waals surface area contributed by atoms with E-state index in [0.29, 0.717) is 11.9 Å². The molecule has 1 aliphatic heterocycles. The lowest BCUT2D eigenvalue weighted by Gasteiger charge is -2.04. The van der Waals surface area contributed by atoms with E-state index in [1.165, 1.54) is 0 Å². The van der Waals surface area contributed by atoms with E-state index >= 15 is 0 Å². The average molecular weight is 264 g/mol. The number of para-hydroxylation sites is 1. The molecule has 0 fully saturated rings. The molecular weight excluding hydrogens is 252 g/mol. The van der Waals surface area contributed by atoms with Crippen LogP contribution in [0.3, 0.4) is 0 Å². The van der Waals surface area contributed by atoms with E-state index in [4.69, 9.17) is 4.42 Å². The van der Waals surface area contributed by atoms with E-state index in [1.54, 1.807) is 10.8 Å². The van der Waals surface area contributed by atoms with Crippen LogP contribution in [0.4, 0.5) is 0 Å². The molecule has 3 aromatic rings. The van der Waals surface area contributed by atoms with Crippen LogP contribution in [0, 0.1) is 0 Å². The van der Waals surface area contributed by atoms with Crippen molar-refractivity contribution in [2.45, 2.75) is 13.0 Å². The van der Waals surface area contributed by atoms with Crippen molar-refractivity contribution >= 4 is 22.6 Å². The zero-order valence-corrected chi connectivity index (χ0v) is 10.7. The van der Waals surface area contributed by atoms with Gasteiger partial charge in [-0.15, -0.1) is 0 Å². The van der Waals surface area contributed by atoms with E-state index in [9.17, 15) is 4.79 Å². The third-order valence-corrected chi connectivity index (χ3v) is 3.61. The molecule has 0 atom stereocenters. The summed E-state index contributed by atoms with van der Waals surface area (Å²) in [6.45, 7) is 0.679. The molecule has 1 aliphatic rings. The fourth-order valence-corrected chi connectivity index (χ4v) is 2.65. The minimum atomic E-state index is 0.0356. The van der Waals surface area contributed by atoms with Crippen molar-refractivity contribution in [3.63, 3.8) is 0 Å². The predicted molar refractivity (Wildman–Crippen MR) is 77.2 cm³/mol. The van der Waals surface area contributed by atoms with E-state index in [2.05, 4.69) is 4.98 Å². The Balaban J connectivity index is 1.96. The summed E-state index contributed by atoms with van der Waals surface area (Å²) in [5, 5.41) is 0.676. The highest BCUT2D eigenvalue weighted by atomic mass is 16.3. The van der Waals surface area contributed by atoms with Gasteiger partial charge in [0.05, 0.1) is 17.2 Å². The molecule has 4 rings (SSSR count). The maximum Gasteiger partial charge on any atom is 0.261 e. The maximum absolute atomic E-state index is 12.4. The van der Waals surface area contributed by atoms with Gasteiger partial charge in [0.25, 0.3) is 5.56 Å². The molecular formula is C16H12N2O2. The topological polar surface area (TPSA) is 48.0 Å². The molecule has 0 saturated heterocycles. The zero-order valence-electron chi connectivity index (χ0n) is 10.7. The Morgan fingerprint density at radius 1 is 1.20 bits per heavy atom. The lowest BCUT2D eigenvalue weighted by Crippen LogP contribution is -2.20. The molecule has 4 heteroatoms. The molecule has 0 amide bonds. The van der Waals surface area contributed by atoms with Crippen LogP contribution in [0.25, 0.3) is 22.6 Å². The van der Waals surface area contributed by atoms with Gasteiger partial charge in [-0.2, -0.15) is 0 Å². The van der Waals surface area contributed by atoms with Gasteiger partial charge < -0.3 is 4.42 Å². The lowest BCUT2D eigenvalue weighted by atomic mass is 10.2. The van der Waals surface area contributed by atoms with Crippen LogP contribution in [-0.2, 0) is 6.54 Å². The first-order chi connectivity index (χ1) is 9.83. The van der Waals surface area contributed by atoms with Crippen molar-refractivity contribution in [1.29, 1.82) is 0 Å². The van der Waals surface area contributed by atoms with Crippen molar-refractivity contribution in [2.24, 2.45) is 0 Å². The largest absolute Gasteiger partial charge is 0.465 e. The Morgan fingerprint density at radius 2 is 2.10 bits per heavy atom. The summed E-state index contributed by atoms with van der Waals surface area (Å²) in [5.41, 5.74) is 1.83. The number of hydrogen-bond donors (Lipinski definition) is 0. The standard InChI is InChI=1S/C16H12N2O2/c19-16-13-5-1-2-6-14(13)17-15-11(7-8-18(15)16)10-12-4-3-9-20-12/h1-6,9-10H,7-8H2/b11-10+. The summed E-state index contributed by atoms with van der Waals surface area (Å²) in [4.78, 5) is 17.1. The van der Waals surface area contributed by atoms with Gasteiger partial charge in [0.15, 0.2) is 0 Å². The monoisotopic (exact) mass is 264 g/mol. The molecule has 3 heterocycles. The second-order valence-corrected chi connectivity index (χ2v) is 4.84. The number of aromatic nitrogens is 2. The van der Waals surface area contributed by atoms with Crippen molar-refractivity contribution in [3.8, 4) is 0 Å². The van der Waals surface area contributed by atoms with Crippen molar-refractivity contribution in [2.75, 3.05) is 0 Å². The summed E-state index contributed by atoms with van der Waals surface area (Å²) < 4.78 is 7.08. The van der Waals surface area contributed by atoms with E-state index < -0.39 is 0 Å². The highest BCUT2D eigenvalue weighted by molar-refractivity contribution is 5.83. The van der Waals surface area contributed by atoms with Gasteiger partial charge in [0, 0.05) is 12.1 Å². The molecule has 98 valence electrons. The van der Waals surface area contributed by atoms with Gasteiger partial charge in [-0.1, -0.05) is 12.1 Å². The molecule has 0 bridgehead atoms. The van der Waals surface area contributed by atoms with Crippen LogP contribution < -0.4 is 5.56 Å². The molecule has 0 unspecified atom stereocenters. The van der Waals surface area contributed by atoms with Gasteiger partial charge in [0.1, 0.15) is 11.6 Å². The van der Waals surface area contributed by atoms with Gasteiger partial charge in [-0.05, 0) is 36.8 Å². The Hall–Kier alpha value is -2.62. The highest BCUT2D eigenvalue weighted by Crippen LogP contribution is 2.27. The fraction of sp³-hybridized carbons (Fsp3) is 0.125. The minimum absolute atomic E-state index is 0.0356. The Morgan fingerprint density at radius 3 is 2.95 bits per heavy atom. The highest BCUT2D eigenvalue weighted by Gasteiger charge is 2.20. The van der Waals surface area contributed by atoms with Crippen LogP contribution >= 0.6 is 0 Å². The Labute approximate surface area is 115 Å². The van der Waals surface area contributed by atoms with Crippen molar-refractivity contribution in [3.05, 3.63) is 64.6 Å². The first kappa shape index (κ1) is 11.2. The predicted octanol–water partition coefficient (Wildman–Crippen LogP) is 2.93. The molecule has 0 saturated carbocycles. The number of allylic oxidation sites excluding steroid dienone is 1. The number of benzene rings is 1. The molecule has 20 heavy (non-hydrogen) atoms. The molecule has 0 N–H and O–H groups in total. The third-order valence-electron chi connectivity index (χ3n) is 3.61. The summed E-state index contributed by atoms with van der Waals surface area (Å²) in [6.07, 6.45) is 4.40. The van der Waals surface area contributed by atoms with E-state index in [0.717, 1.165) is 29.1 Å². The average Bonchev–Trinajstić information content (AvgIpc) is 3.11. The molecule has 0 radical (unpaired) electrons. The van der Waals surface area contributed by atoms with Crippen LogP contribution in [0.2, 0.25) is 0 Å². The summed E-state index contributed by atoms with van der Waals surface area (Å²) >= 11 is 0. The van der Waals surface area contributed by atoms with Crippen LogP contribution in [0.1, 0.15) is 18.0 Å². The third kappa shape index (κ3) is 1.61. The number of nitrogens with zero attached hydrogens (tertiary/aromatic N) is 2. The SMILES string of the molecule is O=c1c2ccccc2nc2n1CC/C2=C\c1ccco1. The number of rotatable bonds is 1. The first-order valence-corrected chi connectivity index (χ1v) is 6.57. The van der Waals surface area contributed by atoms with Crippen molar-refractivity contribution < 1.29 is 4.42 Å². The minimum Gasteiger partial charge on any atom is -0.465 e. The summed E-state index contributed by atoms with van der Waals surface area (Å²) in [6, 6.07) is 11.2. The summed E-state index contributed by atoms with van der Waals surface area (Å²) in [5.74, 6) is 1.54. The Bertz CT molecular complexity index is 873. The molecule has 2 aromatic heterocycles. The van der Waals surface area contributed by atoms with E-state index in [-0.39, 0.29) is 5.56 Å². The van der Waals surface area contributed by atoms with Gasteiger partial charge in [-0.3, -0.25) is 9.36 Å². The van der Waals surface area contributed by atoms with E-state index in [1.807, 2.05) is 42.5 Å². The van der Waals surface area contributed by atoms with Crippen LogP contribution in [0.5, 0.6) is 0 Å². The zero-order chi connectivity index (χ0) is 13.5. The molecule has 0 aliphatic carbocycles. The van der Waals surface area contributed by atoms with Crippen LogP contribution in [0.15, 0.2) is 51.9 Å². The number of fused-ring (bicyclic) bond motifs is 2. The van der Waals surface area contributed by atoms with Gasteiger partial charge in [0.2, 0.25) is 0 Å². The fourth-order valence-electron chi connectivity index (χ4n) is 2.65. The van der Waals surface area contributed by atoms with Crippen LogP contribution in [-0.4, -0.2) is 9.55 Å². The van der Waals surface area contributed by atoms with Gasteiger partial charge in [-0.25, -0.2) is 4.98 Å². The molecule has 0 spiro atoms. The quantitative estimate of drug-likeness (QED) is 0.679. The van der Waals surface area contributed by atoms with Gasteiger partial charge >= 0.3 is 0 Å². The second-order valence-electron chi connectivity index (χ2n) is 4.84. The maximum atomic E-state index is 12.4. The van der Waals surface area contributed by atoms with Crippen molar-refractivity contribution in [1.82, 2.24) is 9.55 Å². The molecule has 4 nitrogen and oxygen atoms in total. The normalized spacial score (nSPS) is 15.9. The number of furan rings is 1. The lowest BCUT2D eigenvalue weighted by molar-refractivity contribution is 0.557. The summed E-state index contributed by atoms with van der Waals surface area (Å²) in [7, 11) is 0. The smallest absolute Gasteiger partial charge is 0.261 e. The Kier molecular flexibility index (Phi) is 2.36. The second kappa shape index (κ2) is 4.20. The number of hydrogen-bond acceptors (Lipinski definition) is 3.